The van der Waals surface area contributed by atoms with Gasteiger partial charge in [0, 0.05) is 12.6 Å². The van der Waals surface area contributed by atoms with Crippen LogP contribution in [0.15, 0.2) is 53.5 Å². The minimum Gasteiger partial charge on any atom is -0.508 e. The molecule has 0 aliphatic rings. The topological polar surface area (TPSA) is 91.8 Å². The predicted octanol–water partition coefficient (Wildman–Crippen LogP) is 1.95. The molecule has 0 atom stereocenters. The van der Waals surface area contributed by atoms with Crippen LogP contribution in [0.1, 0.15) is 11.3 Å². The highest BCUT2D eigenvalue weighted by molar-refractivity contribution is 5.85. The van der Waals surface area contributed by atoms with E-state index in [0.29, 0.717) is 23.6 Å². The van der Waals surface area contributed by atoms with Crippen LogP contribution in [0, 0.1) is 0 Å². The van der Waals surface area contributed by atoms with Crippen LogP contribution in [0.5, 0.6) is 5.75 Å². The van der Waals surface area contributed by atoms with Crippen LogP contribution in [-0.4, -0.2) is 25.3 Å². The van der Waals surface area contributed by atoms with E-state index in [4.69, 9.17) is 0 Å². The van der Waals surface area contributed by atoms with Crippen molar-refractivity contribution in [3.8, 4) is 17.3 Å². The molecule has 0 radical (unpaired) electrons. The fraction of sp³-hybridized carbons (Fsp3) is 0.0667. The number of phenolic OH excluding ortho intramolecular Hbond substituents is 1. The lowest BCUT2D eigenvalue weighted by Gasteiger charge is -2.02. The third kappa shape index (κ3) is 3.48. The number of nitrogens with one attached hydrogen (secondary N) is 1. The average molecular weight is 317 g/mol. The molecule has 1 aromatic carbocycles. The fourth-order valence-corrected chi connectivity index (χ4v) is 1.90. The number of hydrogen-bond acceptors (Lipinski definition) is 5. The Hall–Kier alpha value is -2.73. The summed E-state index contributed by atoms with van der Waals surface area (Å²) in [4.78, 5) is 20.1. The maximum Gasteiger partial charge on any atom is 0.295 e. The van der Waals surface area contributed by atoms with Crippen molar-refractivity contribution in [2.24, 2.45) is 0 Å². The van der Waals surface area contributed by atoms with Gasteiger partial charge in [-0.25, -0.2) is 0 Å². The zero-order chi connectivity index (χ0) is 14.7. The summed E-state index contributed by atoms with van der Waals surface area (Å²) in [6.07, 6.45) is 1.98. The van der Waals surface area contributed by atoms with Gasteiger partial charge in [-0.2, -0.15) is 10.1 Å². The monoisotopic (exact) mass is 316 g/mol. The van der Waals surface area contributed by atoms with Crippen LogP contribution in [0.4, 0.5) is 0 Å². The van der Waals surface area contributed by atoms with E-state index >= 15 is 0 Å². The van der Waals surface area contributed by atoms with Crippen LogP contribution >= 0.6 is 12.4 Å². The van der Waals surface area contributed by atoms with Crippen molar-refractivity contribution < 1.29 is 5.11 Å². The van der Waals surface area contributed by atoms with Crippen molar-refractivity contribution >= 4 is 12.4 Å². The first kappa shape index (κ1) is 15.7. The SMILES string of the molecule is Cl.O=c1nc(-c2ccccn2)[nH]nc1Cc1ccc(O)cc1. The van der Waals surface area contributed by atoms with E-state index in [0.717, 1.165) is 5.56 Å². The van der Waals surface area contributed by atoms with Gasteiger partial charge in [-0.1, -0.05) is 18.2 Å². The molecule has 2 heterocycles. The Morgan fingerprint density at radius 2 is 1.86 bits per heavy atom. The van der Waals surface area contributed by atoms with Gasteiger partial charge in [0.15, 0.2) is 5.82 Å². The first-order chi connectivity index (χ1) is 10.2. The fourth-order valence-electron chi connectivity index (χ4n) is 1.90. The first-order valence-corrected chi connectivity index (χ1v) is 6.37. The van der Waals surface area contributed by atoms with E-state index in [-0.39, 0.29) is 23.7 Å². The number of aromatic nitrogens is 4. The quantitative estimate of drug-likeness (QED) is 0.770. The number of phenols is 1. The Morgan fingerprint density at radius 3 is 2.50 bits per heavy atom. The van der Waals surface area contributed by atoms with E-state index in [1.54, 1.807) is 42.6 Å². The zero-order valence-corrected chi connectivity index (χ0v) is 12.2. The van der Waals surface area contributed by atoms with Crippen molar-refractivity contribution in [1.82, 2.24) is 20.2 Å². The lowest BCUT2D eigenvalue weighted by atomic mass is 10.1. The van der Waals surface area contributed by atoms with E-state index in [1.807, 2.05) is 6.07 Å². The lowest BCUT2D eigenvalue weighted by Crippen LogP contribution is -2.18. The first-order valence-electron chi connectivity index (χ1n) is 6.37. The molecule has 2 N–H and O–H groups in total. The third-order valence-corrected chi connectivity index (χ3v) is 2.97. The molecule has 0 bridgehead atoms. The lowest BCUT2D eigenvalue weighted by molar-refractivity contribution is 0.475. The maximum absolute atomic E-state index is 12.0. The predicted molar refractivity (Wildman–Crippen MR) is 84.0 cm³/mol. The van der Waals surface area contributed by atoms with E-state index in [1.165, 1.54) is 0 Å². The van der Waals surface area contributed by atoms with Crippen molar-refractivity contribution in [3.05, 3.63) is 70.3 Å². The summed E-state index contributed by atoms with van der Waals surface area (Å²) in [5, 5.41) is 16.1. The number of pyridine rings is 1. The molecular formula is C15H13ClN4O2. The van der Waals surface area contributed by atoms with E-state index in [2.05, 4.69) is 20.2 Å². The summed E-state index contributed by atoms with van der Waals surface area (Å²) in [5.74, 6) is 0.527. The number of H-pyrrole nitrogens is 1. The summed E-state index contributed by atoms with van der Waals surface area (Å²) < 4.78 is 0. The Morgan fingerprint density at radius 1 is 1.09 bits per heavy atom. The molecule has 22 heavy (non-hydrogen) atoms. The van der Waals surface area contributed by atoms with Gasteiger partial charge in [-0.05, 0) is 29.8 Å². The molecule has 0 saturated carbocycles. The second kappa shape index (κ2) is 6.82. The van der Waals surface area contributed by atoms with Crippen LogP contribution in [0.25, 0.3) is 11.5 Å². The van der Waals surface area contributed by atoms with Gasteiger partial charge in [0.1, 0.15) is 17.1 Å². The Labute approximate surface area is 132 Å². The van der Waals surface area contributed by atoms with Crippen LogP contribution in [0.2, 0.25) is 0 Å². The molecule has 0 aliphatic carbocycles. The highest BCUT2D eigenvalue weighted by Crippen LogP contribution is 2.12. The molecule has 0 aliphatic heterocycles. The molecule has 3 aromatic rings. The van der Waals surface area contributed by atoms with Gasteiger partial charge < -0.3 is 5.11 Å². The second-order valence-electron chi connectivity index (χ2n) is 4.49. The smallest absolute Gasteiger partial charge is 0.295 e. The summed E-state index contributed by atoms with van der Waals surface area (Å²) in [7, 11) is 0. The number of hydrogen-bond donors (Lipinski definition) is 2. The molecule has 3 rings (SSSR count). The van der Waals surface area contributed by atoms with Crippen molar-refractivity contribution in [3.63, 3.8) is 0 Å². The number of aromatic hydroxyl groups is 1. The second-order valence-corrected chi connectivity index (χ2v) is 4.49. The number of rotatable bonds is 3. The van der Waals surface area contributed by atoms with Gasteiger partial charge >= 0.3 is 0 Å². The van der Waals surface area contributed by atoms with Crippen LogP contribution in [-0.2, 0) is 6.42 Å². The molecule has 0 saturated heterocycles. The number of halogens is 1. The van der Waals surface area contributed by atoms with Crippen LogP contribution in [0.3, 0.4) is 0 Å². The molecular weight excluding hydrogens is 304 g/mol. The minimum absolute atomic E-state index is 0. The number of aromatic amines is 1. The molecule has 2 aromatic heterocycles. The van der Waals surface area contributed by atoms with Crippen molar-refractivity contribution in [2.75, 3.05) is 0 Å². The van der Waals surface area contributed by atoms with Gasteiger partial charge in [-0.3, -0.25) is 14.9 Å². The minimum atomic E-state index is -0.387. The van der Waals surface area contributed by atoms with Gasteiger partial charge in [-0.15, -0.1) is 12.4 Å². The van der Waals surface area contributed by atoms with Gasteiger partial charge in [0.25, 0.3) is 5.56 Å². The molecule has 0 spiro atoms. The van der Waals surface area contributed by atoms with Crippen molar-refractivity contribution in [2.45, 2.75) is 6.42 Å². The Bertz CT molecular complexity index is 804. The molecule has 6 nitrogen and oxygen atoms in total. The van der Waals surface area contributed by atoms with Gasteiger partial charge in [0.05, 0.1) is 0 Å². The maximum atomic E-state index is 12.0. The highest BCUT2D eigenvalue weighted by Gasteiger charge is 2.08. The third-order valence-electron chi connectivity index (χ3n) is 2.97. The standard InChI is InChI=1S/C15H12N4O2.ClH/c20-11-6-4-10(5-7-11)9-13-15(21)17-14(19-18-13)12-3-1-2-8-16-12;/h1-8,20H,9H2,(H,17,19,21);1H. The molecule has 112 valence electrons. The van der Waals surface area contributed by atoms with E-state index < -0.39 is 0 Å². The summed E-state index contributed by atoms with van der Waals surface area (Å²) >= 11 is 0. The summed E-state index contributed by atoms with van der Waals surface area (Å²) in [6, 6.07) is 12.0. The average Bonchev–Trinajstić information content (AvgIpc) is 2.52. The normalized spacial score (nSPS) is 10.0. The Balaban J connectivity index is 0.00000176. The van der Waals surface area contributed by atoms with Crippen molar-refractivity contribution in [1.29, 1.82) is 0 Å². The Kier molecular flexibility index (Phi) is 4.85. The highest BCUT2D eigenvalue weighted by atomic mass is 35.5. The van der Waals surface area contributed by atoms with Crippen LogP contribution < -0.4 is 5.56 Å². The molecule has 0 unspecified atom stereocenters. The number of nitrogens with zero attached hydrogens (tertiary/aromatic N) is 3. The zero-order valence-electron chi connectivity index (χ0n) is 11.4. The summed E-state index contributed by atoms with van der Waals surface area (Å²) in [5.41, 5.74) is 1.37. The largest absolute Gasteiger partial charge is 0.508 e. The summed E-state index contributed by atoms with van der Waals surface area (Å²) in [6.45, 7) is 0. The molecule has 0 amide bonds. The number of benzene rings is 1. The van der Waals surface area contributed by atoms with Gasteiger partial charge in [0.2, 0.25) is 0 Å². The molecule has 0 fully saturated rings. The molecule has 7 heteroatoms. The van der Waals surface area contributed by atoms with E-state index in [9.17, 15) is 9.90 Å².